The Labute approximate surface area is 109 Å². The van der Waals surface area contributed by atoms with Crippen molar-refractivity contribution in [1.29, 1.82) is 0 Å². The quantitative estimate of drug-likeness (QED) is 0.746. The second-order valence-corrected chi connectivity index (χ2v) is 4.95. The number of aryl methyl sites for hydroxylation is 1. The molecule has 3 heteroatoms. The average molecular weight is 257 g/mol. The van der Waals surface area contributed by atoms with E-state index in [1.165, 1.54) is 6.42 Å². The zero-order chi connectivity index (χ0) is 12.7. The third kappa shape index (κ3) is 5.42. The normalized spacial score (nSPS) is 12.5. The Bertz CT molecular complexity index is 341. The van der Waals surface area contributed by atoms with Gasteiger partial charge in [-0.25, -0.2) is 0 Å². The number of hydrogen-bond donors (Lipinski definition) is 1. The van der Waals surface area contributed by atoms with E-state index in [9.17, 15) is 0 Å². The van der Waals surface area contributed by atoms with E-state index in [1.807, 2.05) is 25.1 Å². The molecule has 0 aliphatic carbocycles. The topological polar surface area (TPSA) is 25.8 Å². The molecule has 0 saturated heterocycles. The van der Waals surface area contributed by atoms with Crippen LogP contribution in [0.1, 0.15) is 32.3 Å². The molecule has 0 aromatic heterocycles. The van der Waals surface area contributed by atoms with Crippen LogP contribution in [0.25, 0.3) is 0 Å². The predicted molar refractivity (Wildman–Crippen MR) is 72.8 cm³/mol. The van der Waals surface area contributed by atoms with Crippen molar-refractivity contribution in [2.24, 2.45) is 0 Å². The van der Waals surface area contributed by atoms with Crippen LogP contribution < -0.4 is 10.1 Å². The van der Waals surface area contributed by atoms with Crippen molar-refractivity contribution >= 4 is 11.6 Å². The van der Waals surface area contributed by atoms with Crippen LogP contribution in [0.4, 0.5) is 0 Å². The second-order valence-electron chi connectivity index (χ2n) is 4.55. The van der Waals surface area contributed by atoms with Crippen LogP contribution in [0, 0.1) is 6.92 Å². The van der Waals surface area contributed by atoms with Gasteiger partial charge in [-0.15, -0.1) is 0 Å². The van der Waals surface area contributed by atoms with E-state index in [-0.39, 0.29) is 0 Å². The highest BCUT2D eigenvalue weighted by atomic mass is 35.5. The molecule has 0 saturated carbocycles. The van der Waals surface area contributed by atoms with Gasteiger partial charge in [0.05, 0.1) is 24.2 Å². The van der Waals surface area contributed by atoms with Gasteiger partial charge >= 0.3 is 0 Å². The zero-order valence-electron chi connectivity index (χ0n) is 11.0. The van der Waals surface area contributed by atoms with E-state index in [2.05, 4.69) is 19.2 Å². The maximum Gasteiger partial charge on any atom is 0.137 e. The number of benzene rings is 1. The van der Waals surface area contributed by atoms with E-state index in [1.54, 1.807) is 0 Å². The van der Waals surface area contributed by atoms with Crippen LogP contribution in [0.5, 0.6) is 5.75 Å². The molecule has 0 bridgehead atoms. The Hall–Kier alpha value is -0.730. The van der Waals surface area contributed by atoms with Gasteiger partial charge in [0.25, 0.3) is 0 Å². The summed E-state index contributed by atoms with van der Waals surface area (Å²) < 4.78 is 5.66. The van der Waals surface area contributed by atoms with Crippen molar-refractivity contribution in [2.45, 2.75) is 39.7 Å². The van der Waals surface area contributed by atoms with Crippen molar-refractivity contribution in [3.8, 4) is 5.75 Å². The molecule has 1 aromatic rings. The van der Waals surface area contributed by atoms with Gasteiger partial charge in [0.1, 0.15) is 5.75 Å². The first kappa shape index (κ1) is 14.3. The fraction of sp³-hybridized carbons (Fsp3) is 0.571. The van der Waals surface area contributed by atoms with E-state index >= 15 is 0 Å². The molecule has 0 spiro atoms. The van der Waals surface area contributed by atoms with Gasteiger partial charge in [-0.05, 0) is 38.0 Å². The molecular weight excluding hydrogens is 234 g/mol. The molecule has 1 rings (SSSR count). The number of rotatable bonds is 7. The highest BCUT2D eigenvalue weighted by molar-refractivity contribution is 6.32. The minimum absolute atomic E-state index is 0.705. The molecule has 17 heavy (non-hydrogen) atoms. The van der Waals surface area contributed by atoms with Crippen molar-refractivity contribution in [3.63, 3.8) is 0 Å². The van der Waals surface area contributed by atoms with Crippen molar-refractivity contribution in [2.75, 3.05) is 13.2 Å². The van der Waals surface area contributed by atoms with Crippen molar-refractivity contribution in [3.05, 3.63) is 28.8 Å². The molecule has 0 amide bonds. The predicted octanol–water partition coefficient (Wildman–Crippen LogP) is 2.78. The summed E-state index contributed by atoms with van der Waals surface area (Å²) in [6, 6.07) is 6.60. The molecule has 0 unspecified atom stereocenters. The first-order valence-electron chi connectivity index (χ1n) is 6.35. The Balaban J connectivity index is 2.22. The maximum atomic E-state index is 6.08. The van der Waals surface area contributed by atoms with E-state index in [4.69, 9.17) is 16.3 Å². The van der Waals surface area contributed by atoms with Crippen LogP contribution in [0.2, 0.25) is 5.02 Å². The fourth-order valence-electron chi connectivity index (χ4n) is 1.56. The lowest BCUT2D eigenvalue weighted by Crippen LogP contribution is -2.89. The van der Waals surface area contributed by atoms with Crippen LogP contribution in [0.15, 0.2) is 18.2 Å². The fourth-order valence-corrected chi connectivity index (χ4v) is 1.85. The van der Waals surface area contributed by atoms with Gasteiger partial charge in [-0.1, -0.05) is 24.6 Å². The van der Waals surface area contributed by atoms with Crippen LogP contribution in [-0.4, -0.2) is 19.2 Å². The van der Waals surface area contributed by atoms with Gasteiger partial charge in [0, 0.05) is 6.42 Å². The number of halogens is 1. The maximum absolute atomic E-state index is 6.08. The lowest BCUT2D eigenvalue weighted by atomic mass is 10.2. The largest absolute Gasteiger partial charge is 0.492 e. The second kappa shape index (κ2) is 7.57. The number of quaternary nitrogens is 1. The SMILES string of the molecule is CC[C@@H](C)[NH2+]CCCOc1ccc(C)cc1Cl. The van der Waals surface area contributed by atoms with Crippen LogP contribution in [-0.2, 0) is 0 Å². The van der Waals surface area contributed by atoms with Crippen LogP contribution >= 0.6 is 11.6 Å². The van der Waals surface area contributed by atoms with Crippen molar-refractivity contribution < 1.29 is 10.1 Å². The Morgan fingerprint density at radius 2 is 2.18 bits per heavy atom. The first-order chi connectivity index (χ1) is 8.13. The monoisotopic (exact) mass is 256 g/mol. The summed E-state index contributed by atoms with van der Waals surface area (Å²) in [5.41, 5.74) is 1.16. The molecular formula is C14H23ClNO+. The zero-order valence-corrected chi connectivity index (χ0v) is 11.8. The van der Waals surface area contributed by atoms with Crippen LogP contribution in [0.3, 0.4) is 0 Å². The summed E-state index contributed by atoms with van der Waals surface area (Å²) in [5, 5.41) is 3.07. The summed E-state index contributed by atoms with van der Waals surface area (Å²) in [7, 11) is 0. The third-order valence-corrected chi connectivity index (χ3v) is 3.20. The molecule has 0 radical (unpaired) electrons. The molecule has 2 nitrogen and oxygen atoms in total. The van der Waals surface area contributed by atoms with Gasteiger partial charge in [0.2, 0.25) is 0 Å². The summed E-state index contributed by atoms with van der Waals surface area (Å²) in [6.07, 6.45) is 2.26. The molecule has 1 aromatic carbocycles. The Morgan fingerprint density at radius 3 is 2.82 bits per heavy atom. The minimum atomic E-state index is 0.705. The van der Waals surface area contributed by atoms with E-state index in [0.29, 0.717) is 11.1 Å². The summed E-state index contributed by atoms with van der Waals surface area (Å²) >= 11 is 6.08. The molecule has 0 heterocycles. The van der Waals surface area contributed by atoms with Gasteiger partial charge in [0.15, 0.2) is 0 Å². The molecule has 0 aliphatic rings. The lowest BCUT2D eigenvalue weighted by Gasteiger charge is -2.10. The van der Waals surface area contributed by atoms with E-state index in [0.717, 1.165) is 30.9 Å². The van der Waals surface area contributed by atoms with Gasteiger partial charge in [-0.3, -0.25) is 0 Å². The number of hydrogen-bond acceptors (Lipinski definition) is 1. The lowest BCUT2D eigenvalue weighted by molar-refractivity contribution is -0.686. The van der Waals surface area contributed by atoms with Gasteiger partial charge < -0.3 is 10.1 Å². The summed E-state index contributed by atoms with van der Waals surface area (Å²) in [6.45, 7) is 8.33. The molecule has 1 atom stereocenters. The number of ether oxygens (including phenoxy) is 1. The minimum Gasteiger partial charge on any atom is -0.492 e. The van der Waals surface area contributed by atoms with Crippen molar-refractivity contribution in [1.82, 2.24) is 0 Å². The third-order valence-electron chi connectivity index (χ3n) is 2.91. The molecule has 0 fully saturated rings. The Morgan fingerprint density at radius 1 is 1.41 bits per heavy atom. The molecule has 96 valence electrons. The standard InChI is InChI=1S/C14H22ClNO/c1-4-12(3)16-8-5-9-17-14-7-6-11(2)10-13(14)15/h6-7,10,12,16H,4-5,8-9H2,1-3H3/p+1/t12-/m1/s1. The highest BCUT2D eigenvalue weighted by Crippen LogP contribution is 2.24. The smallest absolute Gasteiger partial charge is 0.137 e. The van der Waals surface area contributed by atoms with E-state index < -0.39 is 0 Å². The molecule has 0 aliphatic heterocycles. The summed E-state index contributed by atoms with van der Waals surface area (Å²) in [5.74, 6) is 0.792. The first-order valence-corrected chi connectivity index (χ1v) is 6.73. The molecule has 2 N–H and O–H groups in total. The highest BCUT2D eigenvalue weighted by Gasteiger charge is 2.03. The average Bonchev–Trinajstić information content (AvgIpc) is 2.30. The van der Waals surface area contributed by atoms with Gasteiger partial charge in [-0.2, -0.15) is 0 Å². The number of nitrogens with two attached hydrogens (primary N) is 1. The Kier molecular flexibility index (Phi) is 6.38. The summed E-state index contributed by atoms with van der Waals surface area (Å²) in [4.78, 5) is 0.